The van der Waals surface area contributed by atoms with Crippen LogP contribution in [0.1, 0.15) is 39.7 Å². The van der Waals surface area contributed by atoms with E-state index in [1.807, 2.05) is 31.2 Å². The van der Waals surface area contributed by atoms with Gasteiger partial charge < -0.3 is 15.0 Å². The molecule has 0 bridgehead atoms. The summed E-state index contributed by atoms with van der Waals surface area (Å²) in [6.45, 7) is 8.58. The Hall–Kier alpha value is -2.91. The number of para-hydroxylation sites is 1. The number of benzene rings is 2. The fourth-order valence-electron chi connectivity index (χ4n) is 4.20. The molecular weight excluding hydrogens is 454 g/mol. The van der Waals surface area contributed by atoms with Gasteiger partial charge in [0.25, 0.3) is 0 Å². The number of nitrogens with one attached hydrogen (secondary N) is 1. The second-order valence-corrected chi connectivity index (χ2v) is 9.97. The molecule has 2 amide bonds. The van der Waals surface area contributed by atoms with Crippen LogP contribution in [0.2, 0.25) is 0 Å². The molecule has 0 aromatic heterocycles. The normalized spacial score (nSPS) is 16.2. The van der Waals surface area contributed by atoms with Gasteiger partial charge >= 0.3 is 0 Å². The van der Waals surface area contributed by atoms with E-state index in [9.17, 15) is 18.0 Å². The summed E-state index contributed by atoms with van der Waals surface area (Å²) in [5, 5.41) is 2.81. The summed E-state index contributed by atoms with van der Waals surface area (Å²) in [7, 11) is -3.80. The van der Waals surface area contributed by atoms with Gasteiger partial charge in [0.1, 0.15) is 10.6 Å². The molecule has 8 nitrogen and oxygen atoms in total. The van der Waals surface area contributed by atoms with Crippen LogP contribution >= 0.6 is 0 Å². The second-order valence-electron chi connectivity index (χ2n) is 8.06. The maximum absolute atomic E-state index is 13.2. The number of carbonyl (C=O) groups is 2. The first-order chi connectivity index (χ1) is 16.3. The van der Waals surface area contributed by atoms with Crippen LogP contribution in [-0.4, -0.2) is 50.8 Å². The fraction of sp³-hybridized carbons (Fsp3) is 0.440. The molecule has 1 N–H and O–H groups in total. The molecule has 184 valence electrons. The monoisotopic (exact) mass is 487 g/mol. The average molecular weight is 488 g/mol. The number of carbonyl (C=O) groups excluding carboxylic acids is 2. The standard InChI is InChI=1S/C25H33N3O5S/c1-5-18-11-9-10-12-21(18)28-17-19(15-24(28)29)25(30)26-20-13-14-22(33-8-4)23(16-20)34(31,32)27(6-2)7-3/h9-14,16,19H,5-8,15,17H2,1-4H3,(H,26,30)/t19-/m1/s1. The first-order valence-corrected chi connectivity index (χ1v) is 13.2. The van der Waals surface area contributed by atoms with E-state index in [-0.39, 0.29) is 35.4 Å². The third-order valence-corrected chi connectivity index (χ3v) is 8.06. The van der Waals surface area contributed by atoms with Gasteiger partial charge in [0.15, 0.2) is 0 Å². The van der Waals surface area contributed by atoms with E-state index in [4.69, 9.17) is 4.74 Å². The molecule has 3 rings (SSSR count). The number of hydrogen-bond acceptors (Lipinski definition) is 5. The summed E-state index contributed by atoms with van der Waals surface area (Å²) in [5.41, 5.74) is 2.23. The second kappa shape index (κ2) is 11.0. The largest absolute Gasteiger partial charge is 0.492 e. The van der Waals surface area contributed by atoms with Crippen LogP contribution in [0.3, 0.4) is 0 Å². The molecule has 0 unspecified atom stereocenters. The van der Waals surface area contributed by atoms with E-state index >= 15 is 0 Å². The van der Waals surface area contributed by atoms with E-state index in [0.717, 1.165) is 17.7 Å². The van der Waals surface area contributed by atoms with Gasteiger partial charge in [-0.25, -0.2) is 8.42 Å². The molecule has 34 heavy (non-hydrogen) atoms. The van der Waals surface area contributed by atoms with Gasteiger partial charge in [0, 0.05) is 37.4 Å². The molecule has 1 heterocycles. The Balaban J connectivity index is 1.83. The average Bonchev–Trinajstić information content (AvgIpc) is 3.22. The summed E-state index contributed by atoms with van der Waals surface area (Å²) >= 11 is 0. The highest BCUT2D eigenvalue weighted by Gasteiger charge is 2.36. The lowest BCUT2D eigenvalue weighted by molar-refractivity contribution is -0.122. The number of hydrogen-bond donors (Lipinski definition) is 1. The van der Waals surface area contributed by atoms with Crippen molar-refractivity contribution in [2.24, 2.45) is 5.92 Å². The van der Waals surface area contributed by atoms with Crippen LogP contribution in [0.25, 0.3) is 0 Å². The lowest BCUT2D eigenvalue weighted by atomic mass is 10.1. The number of nitrogens with zero attached hydrogens (tertiary/aromatic N) is 2. The minimum Gasteiger partial charge on any atom is -0.492 e. The van der Waals surface area contributed by atoms with Crippen molar-refractivity contribution in [1.29, 1.82) is 0 Å². The molecule has 0 saturated carbocycles. The number of amides is 2. The van der Waals surface area contributed by atoms with Gasteiger partial charge in [-0.05, 0) is 43.2 Å². The zero-order chi connectivity index (χ0) is 24.9. The highest BCUT2D eigenvalue weighted by atomic mass is 32.2. The summed E-state index contributed by atoms with van der Waals surface area (Å²) in [6, 6.07) is 12.3. The van der Waals surface area contributed by atoms with Crippen molar-refractivity contribution in [3.8, 4) is 5.75 Å². The lowest BCUT2D eigenvalue weighted by Gasteiger charge is -2.21. The van der Waals surface area contributed by atoms with E-state index in [1.54, 1.807) is 37.8 Å². The Morgan fingerprint density at radius 3 is 2.47 bits per heavy atom. The summed E-state index contributed by atoms with van der Waals surface area (Å²) in [4.78, 5) is 27.4. The van der Waals surface area contributed by atoms with E-state index in [0.29, 0.717) is 25.4 Å². The molecule has 1 aliphatic rings. The number of ether oxygens (including phenoxy) is 1. The topological polar surface area (TPSA) is 96.0 Å². The molecule has 2 aromatic carbocycles. The number of rotatable bonds is 10. The van der Waals surface area contributed by atoms with Crippen molar-refractivity contribution >= 4 is 33.2 Å². The minimum absolute atomic E-state index is 0.0110. The molecule has 1 fully saturated rings. The first-order valence-electron chi connectivity index (χ1n) is 11.7. The molecule has 1 aliphatic heterocycles. The highest BCUT2D eigenvalue weighted by molar-refractivity contribution is 7.89. The van der Waals surface area contributed by atoms with Gasteiger partial charge in [-0.15, -0.1) is 0 Å². The summed E-state index contributed by atoms with van der Waals surface area (Å²) in [5.74, 6) is -0.713. The summed E-state index contributed by atoms with van der Waals surface area (Å²) in [6.07, 6.45) is 0.887. The van der Waals surface area contributed by atoms with Gasteiger partial charge in [0.05, 0.1) is 12.5 Å². The minimum atomic E-state index is -3.80. The first kappa shape index (κ1) is 25.7. The molecule has 2 aromatic rings. The van der Waals surface area contributed by atoms with Gasteiger partial charge in [0.2, 0.25) is 21.8 Å². The molecule has 9 heteroatoms. The third-order valence-electron chi connectivity index (χ3n) is 5.99. The lowest BCUT2D eigenvalue weighted by Crippen LogP contribution is -2.31. The Kier molecular flexibility index (Phi) is 8.33. The summed E-state index contributed by atoms with van der Waals surface area (Å²) < 4.78 is 33.2. The van der Waals surface area contributed by atoms with Crippen LogP contribution in [-0.2, 0) is 26.0 Å². The predicted octanol–water partition coefficient (Wildman–Crippen LogP) is 3.67. The number of sulfonamides is 1. The Morgan fingerprint density at radius 2 is 1.82 bits per heavy atom. The van der Waals surface area contributed by atoms with Crippen LogP contribution in [0.5, 0.6) is 5.75 Å². The maximum atomic E-state index is 13.2. The van der Waals surface area contributed by atoms with Crippen molar-refractivity contribution in [1.82, 2.24) is 4.31 Å². The Bertz CT molecular complexity index is 1140. The van der Waals surface area contributed by atoms with Crippen molar-refractivity contribution in [2.75, 3.05) is 36.5 Å². The predicted molar refractivity (Wildman–Crippen MR) is 133 cm³/mol. The number of aryl methyl sites for hydroxylation is 1. The molecule has 0 radical (unpaired) electrons. The molecule has 0 spiro atoms. The van der Waals surface area contributed by atoms with Crippen LogP contribution in [0, 0.1) is 5.92 Å². The van der Waals surface area contributed by atoms with Gasteiger partial charge in [-0.2, -0.15) is 4.31 Å². The zero-order valence-electron chi connectivity index (χ0n) is 20.2. The SMILES string of the molecule is CCOc1ccc(NC(=O)[C@@H]2CC(=O)N(c3ccccc3CC)C2)cc1S(=O)(=O)N(CC)CC. The maximum Gasteiger partial charge on any atom is 0.246 e. The molecule has 1 atom stereocenters. The van der Waals surface area contributed by atoms with E-state index in [2.05, 4.69) is 5.32 Å². The smallest absolute Gasteiger partial charge is 0.246 e. The van der Waals surface area contributed by atoms with Crippen LogP contribution < -0.4 is 15.0 Å². The van der Waals surface area contributed by atoms with Gasteiger partial charge in [-0.1, -0.05) is 39.0 Å². The quantitative estimate of drug-likeness (QED) is 0.552. The van der Waals surface area contributed by atoms with Crippen molar-refractivity contribution in [3.63, 3.8) is 0 Å². The zero-order valence-corrected chi connectivity index (χ0v) is 21.0. The van der Waals surface area contributed by atoms with E-state index < -0.39 is 15.9 Å². The fourth-order valence-corrected chi connectivity index (χ4v) is 5.81. The van der Waals surface area contributed by atoms with Crippen LogP contribution in [0.15, 0.2) is 47.4 Å². The highest BCUT2D eigenvalue weighted by Crippen LogP contribution is 2.32. The molecular formula is C25H33N3O5S. The molecule has 1 saturated heterocycles. The Morgan fingerprint density at radius 1 is 1.12 bits per heavy atom. The molecule has 0 aliphatic carbocycles. The van der Waals surface area contributed by atoms with Crippen molar-refractivity contribution < 1.29 is 22.7 Å². The van der Waals surface area contributed by atoms with Gasteiger partial charge in [-0.3, -0.25) is 9.59 Å². The van der Waals surface area contributed by atoms with E-state index in [1.165, 1.54) is 10.4 Å². The van der Waals surface area contributed by atoms with Crippen molar-refractivity contribution in [2.45, 2.75) is 45.4 Å². The number of anilines is 2. The third kappa shape index (κ3) is 5.26. The Labute approximate surface area is 201 Å². The van der Waals surface area contributed by atoms with Crippen molar-refractivity contribution in [3.05, 3.63) is 48.0 Å². The van der Waals surface area contributed by atoms with Crippen LogP contribution in [0.4, 0.5) is 11.4 Å².